The van der Waals surface area contributed by atoms with E-state index in [1.165, 1.54) is 0 Å². The second-order valence-electron chi connectivity index (χ2n) is 2.76. The number of alkyl halides is 2. The van der Waals surface area contributed by atoms with Crippen molar-refractivity contribution >= 4 is 11.7 Å². The second kappa shape index (κ2) is 4.68. The van der Waals surface area contributed by atoms with E-state index in [9.17, 15) is 18.0 Å². The van der Waals surface area contributed by atoms with Crippen molar-refractivity contribution in [3.05, 3.63) is 29.6 Å². The van der Waals surface area contributed by atoms with Gasteiger partial charge in [0.2, 0.25) is 0 Å². The molecule has 3 nitrogen and oxygen atoms in total. The number of hydrogen-bond acceptors (Lipinski definition) is 3. The molecule has 15 heavy (non-hydrogen) atoms. The number of anilines is 1. The van der Waals surface area contributed by atoms with Crippen molar-refractivity contribution in [2.24, 2.45) is 0 Å². The summed E-state index contributed by atoms with van der Waals surface area (Å²) >= 11 is 0. The van der Waals surface area contributed by atoms with Crippen LogP contribution < -0.4 is 5.73 Å². The summed E-state index contributed by atoms with van der Waals surface area (Å²) in [6, 6.07) is 3.02. The number of carbonyl (C=O) groups excluding carboxylic acids is 1. The molecule has 1 aromatic carbocycles. The van der Waals surface area contributed by atoms with Gasteiger partial charge in [0.15, 0.2) is 6.61 Å². The number of carbonyl (C=O) groups is 1. The van der Waals surface area contributed by atoms with Crippen molar-refractivity contribution in [2.45, 2.75) is 6.43 Å². The normalized spacial score (nSPS) is 10.4. The first-order valence-corrected chi connectivity index (χ1v) is 4.00. The van der Waals surface area contributed by atoms with E-state index in [-0.39, 0.29) is 11.3 Å². The van der Waals surface area contributed by atoms with Crippen LogP contribution in [0.4, 0.5) is 18.9 Å². The molecule has 0 radical (unpaired) electrons. The van der Waals surface area contributed by atoms with Crippen LogP contribution in [0.5, 0.6) is 0 Å². The zero-order valence-electron chi connectivity index (χ0n) is 7.54. The molecule has 0 fully saturated rings. The Morgan fingerprint density at radius 2 is 2.07 bits per heavy atom. The SMILES string of the molecule is Nc1cc(F)cc(C(=O)OCC(F)F)c1. The molecular weight excluding hydrogens is 211 g/mol. The Balaban J connectivity index is 2.73. The van der Waals surface area contributed by atoms with Gasteiger partial charge < -0.3 is 10.5 Å². The van der Waals surface area contributed by atoms with Gasteiger partial charge in [0.1, 0.15) is 5.82 Å². The number of rotatable bonds is 3. The van der Waals surface area contributed by atoms with Crippen molar-refractivity contribution < 1.29 is 22.7 Å². The van der Waals surface area contributed by atoms with Crippen molar-refractivity contribution in [1.29, 1.82) is 0 Å². The molecule has 6 heteroatoms. The Morgan fingerprint density at radius 1 is 1.40 bits per heavy atom. The highest BCUT2D eigenvalue weighted by molar-refractivity contribution is 5.90. The highest BCUT2D eigenvalue weighted by Crippen LogP contribution is 2.12. The third kappa shape index (κ3) is 3.49. The van der Waals surface area contributed by atoms with Gasteiger partial charge in [0, 0.05) is 5.69 Å². The van der Waals surface area contributed by atoms with Crippen LogP contribution in [0.15, 0.2) is 18.2 Å². The van der Waals surface area contributed by atoms with E-state index >= 15 is 0 Å². The fraction of sp³-hybridized carbons (Fsp3) is 0.222. The number of benzene rings is 1. The molecule has 0 saturated heterocycles. The summed E-state index contributed by atoms with van der Waals surface area (Å²) in [6.45, 7) is -1.02. The lowest BCUT2D eigenvalue weighted by atomic mass is 10.2. The van der Waals surface area contributed by atoms with Crippen LogP contribution in [0.2, 0.25) is 0 Å². The summed E-state index contributed by atoms with van der Waals surface area (Å²) in [6.07, 6.45) is -2.75. The van der Waals surface area contributed by atoms with Gasteiger partial charge in [-0.2, -0.15) is 0 Å². The van der Waals surface area contributed by atoms with Gasteiger partial charge in [-0.25, -0.2) is 18.0 Å². The summed E-state index contributed by atoms with van der Waals surface area (Å²) in [5, 5.41) is 0. The Kier molecular flexibility index (Phi) is 3.54. The van der Waals surface area contributed by atoms with Gasteiger partial charge >= 0.3 is 5.97 Å². The Labute approximate surface area is 83.6 Å². The fourth-order valence-electron chi connectivity index (χ4n) is 0.952. The third-order valence-electron chi connectivity index (χ3n) is 1.50. The van der Waals surface area contributed by atoms with Gasteiger partial charge in [-0.05, 0) is 18.2 Å². The first kappa shape index (κ1) is 11.4. The van der Waals surface area contributed by atoms with Crippen molar-refractivity contribution in [1.82, 2.24) is 0 Å². The summed E-state index contributed by atoms with van der Waals surface area (Å²) in [4.78, 5) is 11.1. The average molecular weight is 219 g/mol. The van der Waals surface area contributed by atoms with Crippen LogP contribution in [-0.2, 0) is 4.74 Å². The molecule has 0 aliphatic heterocycles. The van der Waals surface area contributed by atoms with E-state index in [1.807, 2.05) is 0 Å². The summed E-state index contributed by atoms with van der Waals surface area (Å²) < 4.78 is 40.3. The van der Waals surface area contributed by atoms with Gasteiger partial charge in [-0.1, -0.05) is 0 Å². The van der Waals surface area contributed by atoms with E-state index in [4.69, 9.17) is 5.73 Å². The van der Waals surface area contributed by atoms with Gasteiger partial charge in [-0.15, -0.1) is 0 Å². The van der Waals surface area contributed by atoms with E-state index in [2.05, 4.69) is 4.74 Å². The molecular formula is C9H8F3NO2. The van der Waals surface area contributed by atoms with Crippen molar-refractivity contribution in [2.75, 3.05) is 12.3 Å². The maximum Gasteiger partial charge on any atom is 0.338 e. The summed E-state index contributed by atoms with van der Waals surface area (Å²) in [7, 11) is 0. The number of hydrogen-bond donors (Lipinski definition) is 1. The predicted octanol–water partition coefficient (Wildman–Crippen LogP) is 1.83. The predicted molar refractivity (Wildman–Crippen MR) is 47.1 cm³/mol. The standard InChI is InChI=1S/C9H8F3NO2/c10-6-1-5(2-7(13)3-6)9(14)15-4-8(11)12/h1-3,8H,4,13H2. The molecule has 0 spiro atoms. The maximum atomic E-state index is 12.8. The first-order chi connectivity index (χ1) is 6.99. The van der Waals surface area contributed by atoms with E-state index in [1.54, 1.807) is 0 Å². The minimum Gasteiger partial charge on any atom is -0.456 e. The Morgan fingerprint density at radius 3 is 2.60 bits per heavy atom. The molecule has 0 bridgehead atoms. The highest BCUT2D eigenvalue weighted by Gasteiger charge is 2.12. The van der Waals surface area contributed by atoms with Crippen molar-refractivity contribution in [3.8, 4) is 0 Å². The van der Waals surface area contributed by atoms with Gasteiger partial charge in [-0.3, -0.25) is 0 Å². The topological polar surface area (TPSA) is 52.3 Å². The minimum atomic E-state index is -2.75. The molecule has 0 aliphatic carbocycles. The molecule has 1 aromatic rings. The van der Waals surface area contributed by atoms with E-state index < -0.39 is 24.8 Å². The smallest absolute Gasteiger partial charge is 0.338 e. The number of nitrogen functional groups attached to an aromatic ring is 1. The quantitative estimate of drug-likeness (QED) is 0.623. The van der Waals surface area contributed by atoms with Crippen LogP contribution in [0.1, 0.15) is 10.4 Å². The summed E-state index contributed by atoms with van der Waals surface area (Å²) in [5.41, 5.74) is 5.10. The zero-order valence-corrected chi connectivity index (χ0v) is 7.54. The molecule has 1 rings (SSSR count). The van der Waals surface area contributed by atoms with Crippen LogP contribution in [0.25, 0.3) is 0 Å². The lowest BCUT2D eigenvalue weighted by Crippen LogP contribution is -2.12. The second-order valence-corrected chi connectivity index (χ2v) is 2.76. The lowest BCUT2D eigenvalue weighted by Gasteiger charge is -2.04. The monoisotopic (exact) mass is 219 g/mol. The van der Waals surface area contributed by atoms with Crippen LogP contribution in [-0.4, -0.2) is 19.0 Å². The van der Waals surface area contributed by atoms with Crippen LogP contribution >= 0.6 is 0 Å². The fourth-order valence-corrected chi connectivity index (χ4v) is 0.952. The molecule has 0 amide bonds. The van der Waals surface area contributed by atoms with Crippen molar-refractivity contribution in [3.63, 3.8) is 0 Å². The molecule has 0 heterocycles. The summed E-state index contributed by atoms with van der Waals surface area (Å²) in [5.74, 6) is -1.75. The van der Waals surface area contributed by atoms with Gasteiger partial charge in [0.25, 0.3) is 6.43 Å². The zero-order chi connectivity index (χ0) is 11.4. The van der Waals surface area contributed by atoms with E-state index in [0.29, 0.717) is 0 Å². The molecule has 0 aliphatic rings. The molecule has 0 saturated carbocycles. The largest absolute Gasteiger partial charge is 0.456 e. The van der Waals surface area contributed by atoms with Crippen LogP contribution in [0.3, 0.4) is 0 Å². The first-order valence-electron chi connectivity index (χ1n) is 4.00. The molecule has 0 unspecified atom stereocenters. The highest BCUT2D eigenvalue weighted by atomic mass is 19.3. The number of ether oxygens (including phenoxy) is 1. The molecule has 0 atom stereocenters. The Hall–Kier alpha value is -1.72. The molecule has 82 valence electrons. The minimum absolute atomic E-state index is 0.0268. The maximum absolute atomic E-state index is 12.8. The van der Waals surface area contributed by atoms with Gasteiger partial charge in [0.05, 0.1) is 5.56 Å². The third-order valence-corrected chi connectivity index (χ3v) is 1.50. The number of esters is 1. The number of halogens is 3. The molecule has 2 N–H and O–H groups in total. The number of nitrogens with two attached hydrogens (primary N) is 1. The average Bonchev–Trinajstić information content (AvgIpc) is 2.12. The lowest BCUT2D eigenvalue weighted by molar-refractivity contribution is 0.0159. The van der Waals surface area contributed by atoms with E-state index in [0.717, 1.165) is 18.2 Å². The Bertz CT molecular complexity index is 348. The van der Waals surface area contributed by atoms with Crippen LogP contribution in [0, 0.1) is 5.82 Å². The molecule has 0 aromatic heterocycles.